The Labute approximate surface area is 111 Å². The van der Waals surface area contributed by atoms with E-state index in [1.165, 1.54) is 12.3 Å². The first-order valence-electron chi connectivity index (χ1n) is 5.90. The van der Waals surface area contributed by atoms with Crippen molar-refractivity contribution in [2.75, 3.05) is 35.2 Å². The summed E-state index contributed by atoms with van der Waals surface area (Å²) in [7, 11) is -2.98. The van der Waals surface area contributed by atoms with Crippen LogP contribution in [-0.4, -0.2) is 43.9 Å². The normalized spacial score (nSPS) is 18.8. The maximum atomic E-state index is 11.5. The molecule has 4 N–H and O–H groups in total. The number of nitrogens with zero attached hydrogens (tertiary/aromatic N) is 2. The van der Waals surface area contributed by atoms with Gasteiger partial charge in [-0.1, -0.05) is 0 Å². The lowest BCUT2D eigenvalue weighted by molar-refractivity contribution is 0.100. The summed E-state index contributed by atoms with van der Waals surface area (Å²) < 4.78 is 23.1. The quantitative estimate of drug-likeness (QED) is 0.747. The molecule has 1 aliphatic heterocycles. The summed E-state index contributed by atoms with van der Waals surface area (Å²) in [6.45, 7) is 0.936. The van der Waals surface area contributed by atoms with Gasteiger partial charge in [-0.25, -0.2) is 13.4 Å². The van der Waals surface area contributed by atoms with Crippen molar-refractivity contribution in [1.29, 1.82) is 0 Å². The van der Waals surface area contributed by atoms with Crippen molar-refractivity contribution in [3.05, 3.63) is 17.8 Å². The fourth-order valence-electron chi connectivity index (χ4n) is 2.01. The number of pyridine rings is 1. The van der Waals surface area contributed by atoms with Gasteiger partial charge < -0.3 is 16.4 Å². The first kappa shape index (κ1) is 13.6. The zero-order valence-corrected chi connectivity index (χ0v) is 11.2. The standard InChI is InChI=1S/C11H16N4O3S/c12-9-7-14-10(6-8(9)11(13)16)15-2-1-4-19(17,18)5-3-15/h6-7H,1-5,12H2,(H2,13,16). The summed E-state index contributed by atoms with van der Waals surface area (Å²) >= 11 is 0. The van der Waals surface area contributed by atoms with Crippen LogP contribution in [-0.2, 0) is 9.84 Å². The van der Waals surface area contributed by atoms with Crippen LogP contribution >= 0.6 is 0 Å². The topological polar surface area (TPSA) is 119 Å². The van der Waals surface area contributed by atoms with Crippen LogP contribution in [0.5, 0.6) is 0 Å². The highest BCUT2D eigenvalue weighted by Gasteiger charge is 2.21. The average molecular weight is 284 g/mol. The molecule has 0 unspecified atom stereocenters. The van der Waals surface area contributed by atoms with E-state index in [1.807, 2.05) is 4.90 Å². The Hall–Kier alpha value is -1.83. The van der Waals surface area contributed by atoms with Crippen molar-refractivity contribution in [3.8, 4) is 0 Å². The molecule has 1 saturated heterocycles. The number of hydrogen-bond acceptors (Lipinski definition) is 6. The second kappa shape index (κ2) is 5.04. The van der Waals surface area contributed by atoms with Crippen molar-refractivity contribution in [1.82, 2.24) is 4.98 Å². The Bertz CT molecular complexity index is 600. The summed E-state index contributed by atoms with van der Waals surface area (Å²) in [4.78, 5) is 17.2. The van der Waals surface area contributed by atoms with E-state index in [0.29, 0.717) is 25.3 Å². The van der Waals surface area contributed by atoms with E-state index in [4.69, 9.17) is 11.5 Å². The molecule has 1 aliphatic rings. The third-order valence-electron chi connectivity index (χ3n) is 3.07. The lowest BCUT2D eigenvalue weighted by atomic mass is 10.2. The van der Waals surface area contributed by atoms with Gasteiger partial charge in [0.05, 0.1) is 29.0 Å². The van der Waals surface area contributed by atoms with Gasteiger partial charge in [0, 0.05) is 13.1 Å². The van der Waals surface area contributed by atoms with Crippen LogP contribution in [0.15, 0.2) is 12.3 Å². The Balaban J connectivity index is 2.27. The lowest BCUT2D eigenvalue weighted by Crippen LogP contribution is -2.28. The van der Waals surface area contributed by atoms with Crippen LogP contribution < -0.4 is 16.4 Å². The van der Waals surface area contributed by atoms with Crippen molar-refractivity contribution in [2.24, 2.45) is 5.73 Å². The number of primary amides is 1. The highest BCUT2D eigenvalue weighted by atomic mass is 32.2. The smallest absolute Gasteiger partial charge is 0.250 e. The number of aromatic nitrogens is 1. The molecule has 1 amide bonds. The van der Waals surface area contributed by atoms with Crippen molar-refractivity contribution >= 4 is 27.2 Å². The summed E-state index contributed by atoms with van der Waals surface area (Å²) in [5, 5.41) is 0. The monoisotopic (exact) mass is 284 g/mol. The van der Waals surface area contributed by atoms with Gasteiger partial charge in [0.15, 0.2) is 9.84 Å². The maximum absolute atomic E-state index is 11.5. The van der Waals surface area contributed by atoms with Gasteiger partial charge in [-0.15, -0.1) is 0 Å². The molecule has 2 heterocycles. The molecule has 0 bridgehead atoms. The minimum atomic E-state index is -2.98. The van der Waals surface area contributed by atoms with Gasteiger partial charge in [0.2, 0.25) is 0 Å². The van der Waals surface area contributed by atoms with Gasteiger partial charge in [-0.2, -0.15) is 0 Å². The van der Waals surface area contributed by atoms with Crippen molar-refractivity contribution in [3.63, 3.8) is 0 Å². The third-order valence-corrected chi connectivity index (χ3v) is 4.78. The zero-order chi connectivity index (χ0) is 14.0. The minimum absolute atomic E-state index is 0.0883. The lowest BCUT2D eigenvalue weighted by Gasteiger charge is -2.21. The number of nitrogens with two attached hydrogens (primary N) is 2. The molecule has 0 atom stereocenters. The number of carbonyl (C=O) groups excluding carboxylic acids is 1. The number of hydrogen-bond donors (Lipinski definition) is 2. The zero-order valence-electron chi connectivity index (χ0n) is 10.4. The molecular formula is C11H16N4O3S. The van der Waals surface area contributed by atoms with E-state index >= 15 is 0 Å². The van der Waals surface area contributed by atoms with Gasteiger partial charge in [-0.3, -0.25) is 4.79 Å². The van der Waals surface area contributed by atoms with Crippen LogP contribution in [0.25, 0.3) is 0 Å². The molecule has 7 nitrogen and oxygen atoms in total. The van der Waals surface area contributed by atoms with Crippen LogP contribution in [0.2, 0.25) is 0 Å². The predicted molar refractivity (Wildman–Crippen MR) is 72.7 cm³/mol. The van der Waals surface area contributed by atoms with E-state index < -0.39 is 15.7 Å². The Kier molecular flexibility index (Phi) is 3.61. The van der Waals surface area contributed by atoms with Gasteiger partial charge in [-0.05, 0) is 12.5 Å². The molecule has 1 fully saturated rings. The molecule has 1 aromatic heterocycles. The van der Waals surface area contributed by atoms with E-state index in [2.05, 4.69) is 4.98 Å². The van der Waals surface area contributed by atoms with Crippen molar-refractivity contribution in [2.45, 2.75) is 6.42 Å². The van der Waals surface area contributed by atoms with Crippen molar-refractivity contribution < 1.29 is 13.2 Å². The van der Waals surface area contributed by atoms with Gasteiger partial charge >= 0.3 is 0 Å². The van der Waals surface area contributed by atoms with E-state index in [9.17, 15) is 13.2 Å². The first-order chi connectivity index (χ1) is 8.89. The van der Waals surface area contributed by atoms with E-state index in [-0.39, 0.29) is 22.8 Å². The largest absolute Gasteiger partial charge is 0.397 e. The van der Waals surface area contributed by atoms with E-state index in [0.717, 1.165) is 0 Å². The van der Waals surface area contributed by atoms with Crippen LogP contribution in [0.3, 0.4) is 0 Å². The molecule has 0 aromatic carbocycles. The second-order valence-electron chi connectivity index (χ2n) is 4.49. The molecule has 0 aliphatic carbocycles. The maximum Gasteiger partial charge on any atom is 0.250 e. The number of amides is 1. The summed E-state index contributed by atoms with van der Waals surface area (Å²) in [5.41, 5.74) is 11.3. The van der Waals surface area contributed by atoms with E-state index in [1.54, 1.807) is 0 Å². The fraction of sp³-hybridized carbons (Fsp3) is 0.455. The molecule has 0 saturated carbocycles. The molecule has 2 rings (SSSR count). The number of sulfone groups is 1. The van der Waals surface area contributed by atoms with Crippen LogP contribution in [0, 0.1) is 0 Å². The summed E-state index contributed by atoms with van der Waals surface area (Å²) in [6, 6.07) is 1.51. The summed E-state index contributed by atoms with van der Waals surface area (Å²) in [5.74, 6) is 0.176. The number of anilines is 2. The minimum Gasteiger partial charge on any atom is -0.397 e. The Morgan fingerprint density at radius 3 is 2.74 bits per heavy atom. The van der Waals surface area contributed by atoms with Gasteiger partial charge in [0.1, 0.15) is 5.82 Å². The second-order valence-corrected chi connectivity index (χ2v) is 6.79. The molecule has 104 valence electrons. The predicted octanol–water partition coefficient (Wildman–Crippen LogP) is -0.612. The number of nitrogen functional groups attached to an aromatic ring is 1. The van der Waals surface area contributed by atoms with Crippen LogP contribution in [0.1, 0.15) is 16.8 Å². The highest BCUT2D eigenvalue weighted by Crippen LogP contribution is 2.19. The van der Waals surface area contributed by atoms with Gasteiger partial charge in [0.25, 0.3) is 5.91 Å². The molecule has 19 heavy (non-hydrogen) atoms. The van der Waals surface area contributed by atoms with Crippen LogP contribution in [0.4, 0.5) is 11.5 Å². The molecule has 0 radical (unpaired) electrons. The first-order valence-corrected chi connectivity index (χ1v) is 7.72. The molecule has 8 heteroatoms. The molecule has 0 spiro atoms. The molecular weight excluding hydrogens is 268 g/mol. The Morgan fingerprint density at radius 1 is 1.32 bits per heavy atom. The number of rotatable bonds is 2. The third kappa shape index (κ3) is 3.14. The highest BCUT2D eigenvalue weighted by molar-refractivity contribution is 7.91. The molecule has 1 aromatic rings. The summed E-state index contributed by atoms with van der Waals surface area (Å²) in [6.07, 6.45) is 1.91. The average Bonchev–Trinajstić information content (AvgIpc) is 2.51. The Morgan fingerprint density at radius 2 is 2.05 bits per heavy atom. The fourth-order valence-corrected chi connectivity index (χ4v) is 3.28. The number of carbonyl (C=O) groups is 1. The SMILES string of the molecule is NC(=O)c1cc(N2CCCS(=O)(=O)CC2)ncc1N.